The molecule has 1 aromatic rings. The van der Waals surface area contributed by atoms with Crippen LogP contribution in [0.1, 0.15) is 15.9 Å². The lowest BCUT2D eigenvalue weighted by molar-refractivity contribution is 0.0601. The largest absolute Gasteiger partial charge is 0.465 e. The third-order valence-electron chi connectivity index (χ3n) is 2.03. The van der Waals surface area contributed by atoms with Crippen LogP contribution in [0.2, 0.25) is 0 Å². The molecule has 3 heteroatoms. The predicted octanol–water partition coefficient (Wildman–Crippen LogP) is 2.13. The summed E-state index contributed by atoms with van der Waals surface area (Å²) in [6.07, 6.45) is 0. The maximum absolute atomic E-state index is 11.2. The molecule has 0 aliphatic carbocycles. The van der Waals surface area contributed by atoms with Gasteiger partial charge in [0.1, 0.15) is 0 Å². The number of rotatable bonds is 4. The van der Waals surface area contributed by atoms with Crippen LogP contribution in [0.25, 0.3) is 5.57 Å². The lowest BCUT2D eigenvalue weighted by Crippen LogP contribution is -2.01. The number of benzene rings is 1. The number of ether oxygens (including phenoxy) is 2. The lowest BCUT2D eigenvalue weighted by Gasteiger charge is -2.05. The Kier molecular flexibility index (Phi) is 4.06. The van der Waals surface area contributed by atoms with E-state index in [2.05, 4.69) is 11.3 Å². The van der Waals surface area contributed by atoms with Gasteiger partial charge >= 0.3 is 5.97 Å². The van der Waals surface area contributed by atoms with E-state index in [1.807, 2.05) is 12.1 Å². The van der Waals surface area contributed by atoms with Crippen LogP contribution in [0.5, 0.6) is 0 Å². The van der Waals surface area contributed by atoms with Gasteiger partial charge in [-0.1, -0.05) is 18.7 Å². The van der Waals surface area contributed by atoms with Gasteiger partial charge in [0.05, 0.1) is 19.3 Å². The summed E-state index contributed by atoms with van der Waals surface area (Å²) in [5, 5.41) is 0. The number of hydrogen-bond donors (Lipinski definition) is 0. The fourth-order valence-corrected chi connectivity index (χ4v) is 1.22. The van der Waals surface area contributed by atoms with Crippen LogP contribution in [0.3, 0.4) is 0 Å². The van der Waals surface area contributed by atoms with Crippen LogP contribution in [0.15, 0.2) is 30.8 Å². The normalized spacial score (nSPS) is 9.73. The van der Waals surface area contributed by atoms with Gasteiger partial charge in [-0.05, 0) is 23.3 Å². The van der Waals surface area contributed by atoms with Crippen LogP contribution < -0.4 is 0 Å². The van der Waals surface area contributed by atoms with E-state index in [1.165, 1.54) is 7.11 Å². The third-order valence-corrected chi connectivity index (χ3v) is 2.03. The van der Waals surface area contributed by atoms with Crippen LogP contribution in [0, 0.1) is 0 Å². The molecule has 0 radical (unpaired) electrons. The van der Waals surface area contributed by atoms with Crippen molar-refractivity contribution in [3.8, 4) is 0 Å². The van der Waals surface area contributed by atoms with Gasteiger partial charge in [-0.3, -0.25) is 0 Å². The van der Waals surface area contributed by atoms with Gasteiger partial charge in [0, 0.05) is 7.11 Å². The minimum Gasteiger partial charge on any atom is -0.465 e. The average molecular weight is 206 g/mol. The standard InChI is InChI=1S/C12H14O3/c1-9(8-14-2)10-4-6-11(7-5-10)12(13)15-3/h4-7H,1,8H2,2-3H3. The van der Waals surface area contributed by atoms with Gasteiger partial charge in [-0.15, -0.1) is 0 Å². The van der Waals surface area contributed by atoms with Crippen LogP contribution >= 0.6 is 0 Å². The van der Waals surface area contributed by atoms with Gasteiger partial charge in [-0.2, -0.15) is 0 Å². The van der Waals surface area contributed by atoms with Crippen LogP contribution in [-0.4, -0.2) is 26.8 Å². The van der Waals surface area contributed by atoms with E-state index in [0.29, 0.717) is 12.2 Å². The van der Waals surface area contributed by atoms with Gasteiger partial charge in [0.15, 0.2) is 0 Å². The Morgan fingerprint density at radius 1 is 1.20 bits per heavy atom. The fourth-order valence-electron chi connectivity index (χ4n) is 1.22. The minimum atomic E-state index is -0.334. The minimum absolute atomic E-state index is 0.334. The second kappa shape index (κ2) is 5.32. The predicted molar refractivity (Wildman–Crippen MR) is 58.7 cm³/mol. The maximum Gasteiger partial charge on any atom is 0.337 e. The van der Waals surface area contributed by atoms with Crippen molar-refractivity contribution < 1.29 is 14.3 Å². The number of carbonyl (C=O) groups excluding carboxylic acids is 1. The molecule has 0 fully saturated rings. The first kappa shape index (κ1) is 11.5. The Morgan fingerprint density at radius 2 is 1.73 bits per heavy atom. The van der Waals surface area contributed by atoms with Crippen molar-refractivity contribution in [2.24, 2.45) is 0 Å². The zero-order chi connectivity index (χ0) is 11.3. The summed E-state index contributed by atoms with van der Waals surface area (Å²) < 4.78 is 9.56. The molecule has 0 aliphatic heterocycles. The highest BCUT2D eigenvalue weighted by Gasteiger charge is 2.05. The number of hydrogen-bond acceptors (Lipinski definition) is 3. The quantitative estimate of drug-likeness (QED) is 0.708. The molecule has 0 atom stereocenters. The van der Waals surface area contributed by atoms with E-state index in [4.69, 9.17) is 4.74 Å². The summed E-state index contributed by atoms with van der Waals surface area (Å²) in [4.78, 5) is 11.2. The molecule has 0 bridgehead atoms. The second-order valence-corrected chi connectivity index (χ2v) is 3.11. The first-order valence-electron chi connectivity index (χ1n) is 4.54. The fraction of sp³-hybridized carbons (Fsp3) is 0.250. The second-order valence-electron chi connectivity index (χ2n) is 3.11. The van der Waals surface area contributed by atoms with E-state index in [1.54, 1.807) is 19.2 Å². The van der Waals surface area contributed by atoms with E-state index < -0.39 is 0 Å². The van der Waals surface area contributed by atoms with Crippen molar-refractivity contribution in [1.82, 2.24) is 0 Å². The summed E-state index contributed by atoms with van der Waals surface area (Å²) in [6.45, 7) is 4.35. The van der Waals surface area contributed by atoms with Crippen LogP contribution in [0.4, 0.5) is 0 Å². The number of methoxy groups -OCH3 is 2. The highest BCUT2D eigenvalue weighted by Crippen LogP contribution is 2.13. The monoisotopic (exact) mass is 206 g/mol. The highest BCUT2D eigenvalue weighted by molar-refractivity contribution is 5.89. The smallest absolute Gasteiger partial charge is 0.337 e. The summed E-state index contributed by atoms with van der Waals surface area (Å²) in [5.74, 6) is -0.334. The molecule has 1 aromatic carbocycles. The molecule has 0 aliphatic rings. The molecule has 0 N–H and O–H groups in total. The van der Waals surface area contributed by atoms with Crippen LogP contribution in [-0.2, 0) is 9.47 Å². The summed E-state index contributed by atoms with van der Waals surface area (Å²) in [5.41, 5.74) is 2.38. The summed E-state index contributed by atoms with van der Waals surface area (Å²) in [7, 11) is 2.98. The maximum atomic E-state index is 11.2. The topological polar surface area (TPSA) is 35.5 Å². The van der Waals surface area contributed by atoms with E-state index in [9.17, 15) is 4.79 Å². The molecule has 80 valence electrons. The van der Waals surface area contributed by atoms with E-state index >= 15 is 0 Å². The van der Waals surface area contributed by atoms with Crippen molar-refractivity contribution in [2.45, 2.75) is 0 Å². The SMILES string of the molecule is C=C(COC)c1ccc(C(=O)OC)cc1. The molecule has 1 rings (SSSR count). The molecule has 0 saturated heterocycles. The average Bonchev–Trinajstić information content (AvgIpc) is 2.28. The molecule has 3 nitrogen and oxygen atoms in total. The van der Waals surface area contributed by atoms with Gasteiger partial charge < -0.3 is 9.47 Å². The molecular formula is C12H14O3. The van der Waals surface area contributed by atoms with Gasteiger partial charge in [0.2, 0.25) is 0 Å². The number of esters is 1. The molecule has 0 heterocycles. The Labute approximate surface area is 89.3 Å². The lowest BCUT2D eigenvalue weighted by atomic mass is 10.1. The van der Waals surface area contributed by atoms with Crippen molar-refractivity contribution in [3.05, 3.63) is 42.0 Å². The Hall–Kier alpha value is -1.61. The van der Waals surface area contributed by atoms with E-state index in [0.717, 1.165) is 11.1 Å². The zero-order valence-corrected chi connectivity index (χ0v) is 8.95. The van der Waals surface area contributed by atoms with Crippen molar-refractivity contribution >= 4 is 11.5 Å². The van der Waals surface area contributed by atoms with Gasteiger partial charge in [-0.25, -0.2) is 4.79 Å². The summed E-state index contributed by atoms with van der Waals surface area (Å²) >= 11 is 0. The first-order valence-corrected chi connectivity index (χ1v) is 4.54. The molecule has 0 unspecified atom stereocenters. The van der Waals surface area contributed by atoms with Gasteiger partial charge in [0.25, 0.3) is 0 Å². The molecular weight excluding hydrogens is 192 g/mol. The Bertz CT molecular complexity index is 352. The first-order chi connectivity index (χ1) is 7.19. The van der Waals surface area contributed by atoms with Crippen molar-refractivity contribution in [2.75, 3.05) is 20.8 Å². The zero-order valence-electron chi connectivity index (χ0n) is 8.95. The number of carbonyl (C=O) groups is 1. The molecule has 0 aromatic heterocycles. The highest BCUT2D eigenvalue weighted by atomic mass is 16.5. The van der Waals surface area contributed by atoms with E-state index in [-0.39, 0.29) is 5.97 Å². The third kappa shape index (κ3) is 2.92. The molecule has 0 spiro atoms. The molecule has 0 amide bonds. The van der Waals surface area contributed by atoms with Crippen molar-refractivity contribution in [3.63, 3.8) is 0 Å². The molecule has 15 heavy (non-hydrogen) atoms. The molecule has 0 saturated carbocycles. The Morgan fingerprint density at radius 3 is 2.20 bits per heavy atom. The summed E-state index contributed by atoms with van der Waals surface area (Å²) in [6, 6.07) is 7.07. The van der Waals surface area contributed by atoms with Crippen molar-refractivity contribution in [1.29, 1.82) is 0 Å². The Balaban J connectivity index is 2.80.